The van der Waals surface area contributed by atoms with E-state index in [1.807, 2.05) is 0 Å². The van der Waals surface area contributed by atoms with Crippen molar-refractivity contribution in [1.82, 2.24) is 0 Å². The Morgan fingerprint density at radius 1 is 0.969 bits per heavy atom. The van der Waals surface area contributed by atoms with E-state index in [9.17, 15) is 13.2 Å². The van der Waals surface area contributed by atoms with Crippen molar-refractivity contribution in [3.05, 3.63) is 76.8 Å². The lowest BCUT2D eigenvalue weighted by Crippen LogP contribution is -2.38. The average molecular weight is 519 g/mol. The molecule has 3 aromatic carbocycles. The van der Waals surface area contributed by atoms with Crippen molar-refractivity contribution < 1.29 is 22.7 Å². The number of ether oxygens (including phenoxy) is 2. The molecule has 1 N–H and O–H groups in total. The molecule has 0 unspecified atom stereocenters. The summed E-state index contributed by atoms with van der Waals surface area (Å²) in [6, 6.07) is 18.3. The number of carbonyl (C=O) groups is 1. The first-order valence-corrected chi connectivity index (χ1v) is 11.8. The first-order chi connectivity index (χ1) is 15.2. The van der Waals surface area contributed by atoms with Crippen LogP contribution in [0.4, 0.5) is 11.4 Å². The van der Waals surface area contributed by atoms with Crippen LogP contribution in [0.5, 0.6) is 11.5 Å². The fraction of sp³-hybridized carbons (Fsp3) is 0.174. The highest BCUT2D eigenvalue weighted by molar-refractivity contribution is 9.10. The molecule has 0 spiro atoms. The first-order valence-electron chi connectivity index (χ1n) is 9.61. The zero-order valence-electron chi connectivity index (χ0n) is 17.8. The number of nitrogens with zero attached hydrogens (tertiary/aromatic N) is 1. The summed E-state index contributed by atoms with van der Waals surface area (Å²) in [6.07, 6.45) is 0. The van der Waals surface area contributed by atoms with Crippen LogP contribution in [-0.2, 0) is 14.8 Å². The molecule has 0 atom stereocenters. The number of hydrogen-bond donors (Lipinski definition) is 1. The highest BCUT2D eigenvalue weighted by atomic mass is 79.9. The number of carbonyl (C=O) groups excluding carboxylic acids is 1. The van der Waals surface area contributed by atoms with E-state index in [1.54, 1.807) is 67.6 Å². The Kier molecular flexibility index (Phi) is 7.42. The summed E-state index contributed by atoms with van der Waals surface area (Å²) in [4.78, 5) is 12.8. The van der Waals surface area contributed by atoms with E-state index < -0.39 is 22.5 Å². The van der Waals surface area contributed by atoms with Gasteiger partial charge in [0.25, 0.3) is 10.0 Å². The van der Waals surface area contributed by atoms with Crippen molar-refractivity contribution in [3.8, 4) is 11.5 Å². The Morgan fingerprint density at radius 2 is 1.62 bits per heavy atom. The van der Waals surface area contributed by atoms with Crippen molar-refractivity contribution >= 4 is 43.2 Å². The van der Waals surface area contributed by atoms with Gasteiger partial charge in [0.1, 0.15) is 22.9 Å². The number of aryl methyl sites for hydroxylation is 1. The van der Waals surface area contributed by atoms with E-state index in [2.05, 4.69) is 21.2 Å². The largest absolute Gasteiger partial charge is 0.497 e. The highest BCUT2D eigenvalue weighted by Crippen LogP contribution is 2.31. The number of methoxy groups -OCH3 is 2. The van der Waals surface area contributed by atoms with Crippen molar-refractivity contribution in [2.24, 2.45) is 0 Å². The Labute approximate surface area is 196 Å². The van der Waals surface area contributed by atoms with Crippen LogP contribution in [-0.4, -0.2) is 35.1 Å². The van der Waals surface area contributed by atoms with Crippen molar-refractivity contribution in [2.75, 3.05) is 30.4 Å². The number of anilines is 2. The summed E-state index contributed by atoms with van der Waals surface area (Å²) in [7, 11) is -1.21. The summed E-state index contributed by atoms with van der Waals surface area (Å²) in [5, 5.41) is 2.73. The van der Waals surface area contributed by atoms with Crippen LogP contribution in [0.2, 0.25) is 0 Å². The second kappa shape index (κ2) is 10.1. The van der Waals surface area contributed by atoms with Crippen LogP contribution in [0, 0.1) is 6.92 Å². The fourth-order valence-corrected chi connectivity index (χ4v) is 4.96. The maximum atomic E-state index is 13.7. The molecule has 32 heavy (non-hydrogen) atoms. The van der Waals surface area contributed by atoms with Crippen LogP contribution in [0.25, 0.3) is 0 Å². The summed E-state index contributed by atoms with van der Waals surface area (Å²) in [5.41, 5.74) is 1.62. The first kappa shape index (κ1) is 23.6. The molecule has 168 valence electrons. The lowest BCUT2D eigenvalue weighted by molar-refractivity contribution is -0.114. The van der Waals surface area contributed by atoms with E-state index in [0.29, 0.717) is 17.1 Å². The molecule has 0 radical (unpaired) electrons. The number of nitrogens with one attached hydrogen (secondary N) is 1. The number of sulfonamides is 1. The van der Waals surface area contributed by atoms with E-state index in [4.69, 9.17) is 9.47 Å². The molecular weight excluding hydrogens is 496 g/mol. The van der Waals surface area contributed by atoms with Crippen molar-refractivity contribution in [1.29, 1.82) is 0 Å². The predicted octanol–water partition coefficient (Wildman–Crippen LogP) is 4.61. The summed E-state index contributed by atoms with van der Waals surface area (Å²) in [6.45, 7) is 1.36. The van der Waals surface area contributed by atoms with Crippen LogP contribution < -0.4 is 19.1 Å². The van der Waals surface area contributed by atoms with Crippen molar-refractivity contribution in [2.45, 2.75) is 11.8 Å². The van der Waals surface area contributed by atoms with Gasteiger partial charge < -0.3 is 14.8 Å². The summed E-state index contributed by atoms with van der Waals surface area (Å²) < 4.78 is 39.7. The molecule has 0 aliphatic carbocycles. The van der Waals surface area contributed by atoms with E-state index in [-0.39, 0.29) is 10.6 Å². The van der Waals surface area contributed by atoms with Gasteiger partial charge in [0.2, 0.25) is 5.91 Å². The van der Waals surface area contributed by atoms with Crippen molar-refractivity contribution in [3.63, 3.8) is 0 Å². The maximum absolute atomic E-state index is 13.7. The third-order valence-corrected chi connectivity index (χ3v) is 6.99. The van der Waals surface area contributed by atoms with Gasteiger partial charge in [-0.3, -0.25) is 9.10 Å². The zero-order chi connectivity index (χ0) is 23.3. The lowest BCUT2D eigenvalue weighted by Gasteiger charge is -2.25. The van der Waals surface area contributed by atoms with E-state index in [1.165, 1.54) is 20.3 Å². The normalized spacial score (nSPS) is 11.0. The van der Waals surface area contributed by atoms with Gasteiger partial charge in [-0.05, 0) is 73.2 Å². The Balaban J connectivity index is 2.01. The Bertz CT molecular complexity index is 1200. The third kappa shape index (κ3) is 5.41. The molecule has 3 aromatic rings. The topological polar surface area (TPSA) is 84.9 Å². The molecule has 0 aliphatic rings. The Morgan fingerprint density at radius 3 is 2.22 bits per heavy atom. The van der Waals surface area contributed by atoms with Crippen LogP contribution >= 0.6 is 15.9 Å². The lowest BCUT2D eigenvalue weighted by atomic mass is 10.2. The molecule has 0 saturated carbocycles. The summed E-state index contributed by atoms with van der Waals surface area (Å²) >= 11 is 3.34. The highest BCUT2D eigenvalue weighted by Gasteiger charge is 2.30. The second-order valence-corrected chi connectivity index (χ2v) is 9.67. The second-order valence-electron chi connectivity index (χ2n) is 6.92. The Hall–Kier alpha value is -3.04. The zero-order valence-corrected chi connectivity index (χ0v) is 20.2. The monoisotopic (exact) mass is 518 g/mol. The molecular formula is C23H23BrN2O5S. The van der Waals surface area contributed by atoms with Gasteiger partial charge in [-0.1, -0.05) is 22.0 Å². The SMILES string of the molecule is COc1ccc(N(CC(=O)Nc2ccc(Br)cc2)S(=O)(=O)c2cc(C)ccc2OC)cc1. The molecule has 1 amide bonds. The van der Waals surface area contributed by atoms with Crippen LogP contribution in [0.15, 0.2) is 76.1 Å². The molecule has 0 heterocycles. The molecule has 0 fully saturated rings. The van der Waals surface area contributed by atoms with Gasteiger partial charge >= 0.3 is 0 Å². The van der Waals surface area contributed by atoms with Crippen LogP contribution in [0.1, 0.15) is 5.56 Å². The fourth-order valence-electron chi connectivity index (χ4n) is 3.03. The molecule has 0 aliphatic heterocycles. The summed E-state index contributed by atoms with van der Waals surface area (Å²) in [5.74, 6) is 0.277. The van der Waals surface area contributed by atoms with Gasteiger partial charge in [-0.2, -0.15) is 0 Å². The van der Waals surface area contributed by atoms with Gasteiger partial charge in [0.15, 0.2) is 0 Å². The molecule has 0 aromatic heterocycles. The van der Waals surface area contributed by atoms with Gasteiger partial charge in [-0.15, -0.1) is 0 Å². The molecule has 0 saturated heterocycles. The average Bonchev–Trinajstić information content (AvgIpc) is 2.79. The minimum absolute atomic E-state index is 0.0211. The number of halogens is 1. The number of amides is 1. The maximum Gasteiger partial charge on any atom is 0.268 e. The van der Waals surface area contributed by atoms with Gasteiger partial charge in [0, 0.05) is 10.2 Å². The third-order valence-electron chi connectivity index (χ3n) is 4.66. The molecule has 3 rings (SSSR count). The number of benzene rings is 3. The minimum atomic E-state index is -4.13. The molecule has 9 heteroatoms. The van der Waals surface area contributed by atoms with Gasteiger partial charge in [0.05, 0.1) is 19.9 Å². The molecule has 7 nitrogen and oxygen atoms in total. The minimum Gasteiger partial charge on any atom is -0.497 e. The number of rotatable bonds is 8. The standard InChI is InChI=1S/C23H23BrN2O5S/c1-16-4-13-21(31-3)22(14-16)32(28,29)26(19-9-11-20(30-2)12-10-19)15-23(27)25-18-7-5-17(24)6-8-18/h4-14H,15H2,1-3H3,(H,25,27). The quantitative estimate of drug-likeness (QED) is 0.470. The van der Waals surface area contributed by atoms with Gasteiger partial charge in [-0.25, -0.2) is 8.42 Å². The number of hydrogen-bond acceptors (Lipinski definition) is 5. The van der Waals surface area contributed by atoms with E-state index in [0.717, 1.165) is 14.3 Å². The van der Waals surface area contributed by atoms with E-state index >= 15 is 0 Å². The smallest absolute Gasteiger partial charge is 0.268 e. The molecule has 0 bridgehead atoms. The predicted molar refractivity (Wildman–Crippen MR) is 128 cm³/mol. The van der Waals surface area contributed by atoms with Crippen LogP contribution in [0.3, 0.4) is 0 Å².